The van der Waals surface area contributed by atoms with E-state index >= 15 is 0 Å². The van der Waals surface area contributed by atoms with Crippen LogP contribution < -0.4 is 0 Å². The molecule has 3 fully saturated rings. The Labute approximate surface area is 154 Å². The zero-order valence-corrected chi connectivity index (χ0v) is 16.6. The monoisotopic (exact) mass is 349 g/mol. The number of likely N-dealkylation sites (tertiary alicyclic amines) is 1. The normalized spacial score (nSPS) is 31.0. The first kappa shape index (κ1) is 19.2. The standard InChI is InChI=1S/C21H39N3O/c1-18-13-19(2)15-24(14-18)21(25)17-23-10-6-9-22(11-12-23)16-20-7-4-3-5-8-20/h18-20H,3-17H2,1-2H3. The number of hydrogen-bond donors (Lipinski definition) is 0. The number of carbonyl (C=O) groups excluding carboxylic acids is 1. The summed E-state index contributed by atoms with van der Waals surface area (Å²) in [6.07, 6.45) is 9.67. The molecule has 2 unspecified atom stereocenters. The zero-order chi connectivity index (χ0) is 17.6. The van der Waals surface area contributed by atoms with Crippen molar-refractivity contribution in [3.8, 4) is 0 Å². The average molecular weight is 350 g/mol. The zero-order valence-electron chi connectivity index (χ0n) is 16.6. The van der Waals surface area contributed by atoms with Crippen molar-refractivity contribution in [2.24, 2.45) is 17.8 Å². The van der Waals surface area contributed by atoms with E-state index in [1.807, 2.05) is 0 Å². The molecule has 2 saturated heterocycles. The highest BCUT2D eigenvalue weighted by atomic mass is 16.2. The molecule has 2 aliphatic heterocycles. The topological polar surface area (TPSA) is 26.8 Å². The van der Waals surface area contributed by atoms with Gasteiger partial charge in [-0.25, -0.2) is 0 Å². The van der Waals surface area contributed by atoms with E-state index in [0.29, 0.717) is 24.3 Å². The highest BCUT2D eigenvalue weighted by molar-refractivity contribution is 5.78. The van der Waals surface area contributed by atoms with Gasteiger partial charge >= 0.3 is 0 Å². The summed E-state index contributed by atoms with van der Waals surface area (Å²) in [6.45, 7) is 12.9. The molecule has 0 N–H and O–H groups in total. The second-order valence-corrected chi connectivity index (χ2v) is 9.18. The van der Waals surface area contributed by atoms with E-state index in [-0.39, 0.29) is 0 Å². The molecule has 3 aliphatic rings. The first-order chi connectivity index (χ1) is 12.1. The highest BCUT2D eigenvalue weighted by Crippen LogP contribution is 2.25. The van der Waals surface area contributed by atoms with Crippen molar-refractivity contribution >= 4 is 5.91 Å². The van der Waals surface area contributed by atoms with E-state index < -0.39 is 0 Å². The van der Waals surface area contributed by atoms with Crippen LogP contribution in [0.1, 0.15) is 58.8 Å². The quantitative estimate of drug-likeness (QED) is 0.780. The van der Waals surface area contributed by atoms with Crippen LogP contribution in [0.3, 0.4) is 0 Å². The number of amides is 1. The molecular formula is C21H39N3O. The Kier molecular flexibility index (Phi) is 7.18. The number of rotatable bonds is 4. The van der Waals surface area contributed by atoms with E-state index in [0.717, 1.165) is 38.6 Å². The van der Waals surface area contributed by atoms with Gasteiger partial charge in [0.15, 0.2) is 0 Å². The fourth-order valence-electron chi connectivity index (χ4n) is 5.26. The molecule has 1 amide bonds. The van der Waals surface area contributed by atoms with Crippen molar-refractivity contribution in [3.63, 3.8) is 0 Å². The van der Waals surface area contributed by atoms with Gasteiger partial charge in [0.05, 0.1) is 6.54 Å². The maximum absolute atomic E-state index is 12.7. The van der Waals surface area contributed by atoms with Crippen LogP contribution in [0.4, 0.5) is 0 Å². The second kappa shape index (κ2) is 9.36. The average Bonchev–Trinajstić information content (AvgIpc) is 2.80. The molecule has 1 aliphatic carbocycles. The highest BCUT2D eigenvalue weighted by Gasteiger charge is 2.27. The van der Waals surface area contributed by atoms with Crippen molar-refractivity contribution in [1.82, 2.24) is 14.7 Å². The Morgan fingerprint density at radius 1 is 0.840 bits per heavy atom. The lowest BCUT2D eigenvalue weighted by molar-refractivity contribution is -0.135. The van der Waals surface area contributed by atoms with Crippen molar-refractivity contribution in [2.45, 2.75) is 58.8 Å². The maximum Gasteiger partial charge on any atom is 0.236 e. The van der Waals surface area contributed by atoms with Gasteiger partial charge in [-0.3, -0.25) is 9.69 Å². The molecule has 25 heavy (non-hydrogen) atoms. The van der Waals surface area contributed by atoms with Crippen LogP contribution in [0.15, 0.2) is 0 Å². The lowest BCUT2D eigenvalue weighted by atomic mass is 9.89. The van der Waals surface area contributed by atoms with Gasteiger partial charge in [-0.05, 0) is 56.5 Å². The predicted octanol–water partition coefficient (Wildman–Crippen LogP) is 3.08. The summed E-state index contributed by atoms with van der Waals surface area (Å²) in [5.41, 5.74) is 0. The molecule has 0 aromatic rings. The van der Waals surface area contributed by atoms with Crippen molar-refractivity contribution < 1.29 is 4.79 Å². The minimum Gasteiger partial charge on any atom is -0.341 e. The molecule has 1 saturated carbocycles. The fourth-order valence-corrected chi connectivity index (χ4v) is 5.26. The fraction of sp³-hybridized carbons (Fsp3) is 0.952. The third-order valence-corrected chi connectivity index (χ3v) is 6.50. The minimum atomic E-state index is 0.360. The summed E-state index contributed by atoms with van der Waals surface area (Å²) in [5, 5.41) is 0. The molecular weight excluding hydrogens is 310 g/mol. The van der Waals surface area contributed by atoms with Crippen LogP contribution in [0.2, 0.25) is 0 Å². The molecule has 0 radical (unpaired) electrons. The Balaban J connectivity index is 1.42. The summed E-state index contributed by atoms with van der Waals surface area (Å²) in [4.78, 5) is 19.9. The van der Waals surface area contributed by atoms with Gasteiger partial charge in [0, 0.05) is 32.7 Å². The van der Waals surface area contributed by atoms with Crippen LogP contribution in [0.5, 0.6) is 0 Å². The Hall–Kier alpha value is -0.610. The van der Waals surface area contributed by atoms with Crippen LogP contribution in [0.25, 0.3) is 0 Å². The number of nitrogens with zero attached hydrogens (tertiary/aromatic N) is 3. The number of piperidine rings is 1. The Bertz CT molecular complexity index is 411. The van der Waals surface area contributed by atoms with Crippen LogP contribution in [0, 0.1) is 17.8 Å². The molecule has 3 rings (SSSR count). The molecule has 2 heterocycles. The third kappa shape index (κ3) is 5.96. The van der Waals surface area contributed by atoms with E-state index in [1.165, 1.54) is 58.0 Å². The summed E-state index contributed by atoms with van der Waals surface area (Å²) < 4.78 is 0. The molecule has 4 heteroatoms. The summed E-state index contributed by atoms with van der Waals surface area (Å²) in [6, 6.07) is 0. The first-order valence-corrected chi connectivity index (χ1v) is 10.8. The molecule has 0 bridgehead atoms. The van der Waals surface area contributed by atoms with Gasteiger partial charge in [0.2, 0.25) is 5.91 Å². The lowest BCUT2D eigenvalue weighted by Crippen LogP contribution is -2.47. The van der Waals surface area contributed by atoms with Crippen LogP contribution in [-0.4, -0.2) is 73.0 Å². The van der Waals surface area contributed by atoms with Gasteiger partial charge in [-0.1, -0.05) is 33.1 Å². The van der Waals surface area contributed by atoms with Crippen molar-refractivity contribution in [3.05, 3.63) is 0 Å². The van der Waals surface area contributed by atoms with E-state index in [2.05, 4.69) is 28.5 Å². The number of hydrogen-bond acceptors (Lipinski definition) is 3. The van der Waals surface area contributed by atoms with Gasteiger partial charge in [0.25, 0.3) is 0 Å². The van der Waals surface area contributed by atoms with Gasteiger partial charge in [-0.15, -0.1) is 0 Å². The molecule has 2 atom stereocenters. The molecule has 0 aromatic carbocycles. The predicted molar refractivity (Wildman–Crippen MR) is 104 cm³/mol. The largest absolute Gasteiger partial charge is 0.341 e. The summed E-state index contributed by atoms with van der Waals surface area (Å²) in [7, 11) is 0. The van der Waals surface area contributed by atoms with E-state index in [4.69, 9.17) is 0 Å². The molecule has 0 spiro atoms. The van der Waals surface area contributed by atoms with E-state index in [9.17, 15) is 4.79 Å². The van der Waals surface area contributed by atoms with Crippen molar-refractivity contribution in [1.29, 1.82) is 0 Å². The Morgan fingerprint density at radius 3 is 2.20 bits per heavy atom. The maximum atomic E-state index is 12.7. The summed E-state index contributed by atoms with van der Waals surface area (Å²) in [5.74, 6) is 2.60. The van der Waals surface area contributed by atoms with Gasteiger partial charge in [-0.2, -0.15) is 0 Å². The van der Waals surface area contributed by atoms with Crippen molar-refractivity contribution in [2.75, 3.05) is 52.4 Å². The molecule has 144 valence electrons. The van der Waals surface area contributed by atoms with E-state index in [1.54, 1.807) is 0 Å². The smallest absolute Gasteiger partial charge is 0.236 e. The second-order valence-electron chi connectivity index (χ2n) is 9.18. The minimum absolute atomic E-state index is 0.360. The lowest BCUT2D eigenvalue weighted by Gasteiger charge is -2.36. The number of carbonyl (C=O) groups is 1. The summed E-state index contributed by atoms with van der Waals surface area (Å²) >= 11 is 0. The van der Waals surface area contributed by atoms with Gasteiger partial charge in [0.1, 0.15) is 0 Å². The molecule has 0 aromatic heterocycles. The SMILES string of the molecule is CC1CC(C)CN(C(=O)CN2CCCN(CC3CCCCC3)CC2)C1. The van der Waals surface area contributed by atoms with Gasteiger partial charge < -0.3 is 9.80 Å². The Morgan fingerprint density at radius 2 is 1.48 bits per heavy atom. The van der Waals surface area contributed by atoms with Crippen LogP contribution >= 0.6 is 0 Å². The first-order valence-electron chi connectivity index (χ1n) is 10.8. The third-order valence-electron chi connectivity index (χ3n) is 6.50. The molecule has 4 nitrogen and oxygen atoms in total. The van der Waals surface area contributed by atoms with Crippen LogP contribution in [-0.2, 0) is 4.79 Å².